The monoisotopic (exact) mass is 190 g/mol. The van der Waals surface area contributed by atoms with Crippen molar-refractivity contribution in [1.82, 2.24) is 0 Å². The Hall–Kier alpha value is -1.15. The molecule has 1 unspecified atom stereocenters. The third kappa shape index (κ3) is 1.26. The predicted octanol–water partition coefficient (Wildman–Crippen LogP) is 2.18. The first-order chi connectivity index (χ1) is 6.52. The molecular formula is C12H14O2. The Morgan fingerprint density at radius 2 is 2.14 bits per heavy atom. The fraction of sp³-hybridized carbons (Fsp3) is 0.417. The van der Waals surface area contributed by atoms with E-state index in [1.807, 2.05) is 25.1 Å². The van der Waals surface area contributed by atoms with Gasteiger partial charge in [-0.2, -0.15) is 0 Å². The van der Waals surface area contributed by atoms with Crippen LogP contribution in [0.1, 0.15) is 41.3 Å². The van der Waals surface area contributed by atoms with Crippen molar-refractivity contribution in [2.24, 2.45) is 0 Å². The van der Waals surface area contributed by atoms with Crippen molar-refractivity contribution in [3.05, 3.63) is 34.9 Å². The lowest BCUT2D eigenvalue weighted by Crippen LogP contribution is -2.30. The van der Waals surface area contributed by atoms with Crippen molar-refractivity contribution in [2.45, 2.75) is 32.3 Å². The van der Waals surface area contributed by atoms with Crippen LogP contribution in [0.25, 0.3) is 0 Å². The highest BCUT2D eigenvalue weighted by Crippen LogP contribution is 2.35. The van der Waals surface area contributed by atoms with E-state index in [-0.39, 0.29) is 5.78 Å². The maximum atomic E-state index is 11.7. The van der Waals surface area contributed by atoms with E-state index >= 15 is 0 Å². The van der Waals surface area contributed by atoms with Crippen molar-refractivity contribution < 1.29 is 9.90 Å². The molecule has 74 valence electrons. The molecule has 1 N–H and O–H groups in total. The Kier molecular flexibility index (Phi) is 1.96. The molecule has 0 amide bonds. The van der Waals surface area contributed by atoms with Gasteiger partial charge in [-0.1, -0.05) is 18.2 Å². The maximum absolute atomic E-state index is 11.7. The summed E-state index contributed by atoms with van der Waals surface area (Å²) in [6.07, 6.45) is 0.979. The normalized spacial score (nSPS) is 26.1. The predicted molar refractivity (Wildman–Crippen MR) is 54.3 cm³/mol. The van der Waals surface area contributed by atoms with Gasteiger partial charge in [-0.15, -0.1) is 0 Å². The number of aliphatic hydroxyl groups is 1. The molecule has 14 heavy (non-hydrogen) atoms. The minimum absolute atomic E-state index is 0.157. The molecule has 0 fully saturated rings. The summed E-state index contributed by atoms with van der Waals surface area (Å²) >= 11 is 0. The van der Waals surface area contributed by atoms with Crippen LogP contribution < -0.4 is 0 Å². The summed E-state index contributed by atoms with van der Waals surface area (Å²) in [4.78, 5) is 11.7. The van der Waals surface area contributed by atoms with Gasteiger partial charge in [0.1, 0.15) is 0 Å². The summed E-state index contributed by atoms with van der Waals surface area (Å²) in [6.45, 7) is 3.69. The number of fused-ring (bicyclic) bond motifs is 1. The second-order valence-corrected chi connectivity index (χ2v) is 4.19. The molecule has 0 radical (unpaired) electrons. The van der Waals surface area contributed by atoms with Crippen LogP contribution in [0.4, 0.5) is 0 Å². The molecule has 0 saturated heterocycles. The quantitative estimate of drug-likeness (QED) is 0.680. The highest BCUT2D eigenvalue weighted by Gasteiger charge is 2.33. The summed E-state index contributed by atoms with van der Waals surface area (Å²) < 4.78 is 0. The first kappa shape index (κ1) is 9.41. The summed E-state index contributed by atoms with van der Waals surface area (Å²) in [6, 6.07) is 5.65. The number of Topliss-reactive ketones (excluding diaryl/α,β-unsaturated/α-hetero) is 1. The molecular weight excluding hydrogens is 176 g/mol. The van der Waals surface area contributed by atoms with Gasteiger partial charge < -0.3 is 5.11 Å². The first-order valence-corrected chi connectivity index (χ1v) is 4.88. The van der Waals surface area contributed by atoms with Crippen LogP contribution in [-0.2, 0) is 5.60 Å². The number of benzene rings is 1. The minimum atomic E-state index is -0.838. The van der Waals surface area contributed by atoms with Crippen LogP contribution in [0, 0.1) is 6.92 Å². The Labute approximate surface area is 83.6 Å². The van der Waals surface area contributed by atoms with E-state index in [0.29, 0.717) is 12.8 Å². The SMILES string of the molecule is Cc1cccc2c1C(=O)CCC2(C)O. The van der Waals surface area contributed by atoms with Crippen LogP contribution in [0.2, 0.25) is 0 Å². The third-order valence-corrected chi connectivity index (χ3v) is 2.97. The zero-order valence-electron chi connectivity index (χ0n) is 8.50. The van der Waals surface area contributed by atoms with Crippen molar-refractivity contribution in [3.63, 3.8) is 0 Å². The smallest absolute Gasteiger partial charge is 0.163 e. The van der Waals surface area contributed by atoms with Crippen molar-refractivity contribution >= 4 is 5.78 Å². The molecule has 1 atom stereocenters. The number of hydrogen-bond acceptors (Lipinski definition) is 2. The molecule has 0 aromatic heterocycles. The summed E-state index contributed by atoms with van der Waals surface area (Å²) in [7, 11) is 0. The molecule has 0 bridgehead atoms. The van der Waals surface area contributed by atoms with E-state index in [9.17, 15) is 9.90 Å². The summed E-state index contributed by atoms with van der Waals surface area (Å²) in [5, 5.41) is 10.1. The van der Waals surface area contributed by atoms with Gasteiger partial charge in [0.25, 0.3) is 0 Å². The average Bonchev–Trinajstić information content (AvgIpc) is 2.12. The average molecular weight is 190 g/mol. The van der Waals surface area contributed by atoms with Crippen LogP contribution in [0.3, 0.4) is 0 Å². The molecule has 1 aliphatic carbocycles. The van der Waals surface area contributed by atoms with Gasteiger partial charge in [-0.25, -0.2) is 0 Å². The molecule has 1 aromatic rings. The van der Waals surface area contributed by atoms with Crippen LogP contribution in [-0.4, -0.2) is 10.9 Å². The number of rotatable bonds is 0. The lowest BCUT2D eigenvalue weighted by molar-refractivity contribution is 0.0363. The molecule has 0 saturated carbocycles. The number of carbonyl (C=O) groups excluding carboxylic acids is 1. The van der Waals surface area contributed by atoms with Crippen molar-refractivity contribution in [2.75, 3.05) is 0 Å². The Morgan fingerprint density at radius 1 is 1.43 bits per heavy atom. The van der Waals surface area contributed by atoms with Crippen LogP contribution in [0.5, 0.6) is 0 Å². The number of carbonyl (C=O) groups is 1. The molecule has 0 spiro atoms. The highest BCUT2D eigenvalue weighted by atomic mass is 16.3. The van der Waals surface area contributed by atoms with E-state index in [4.69, 9.17) is 0 Å². The van der Waals surface area contributed by atoms with E-state index in [1.54, 1.807) is 6.92 Å². The van der Waals surface area contributed by atoms with E-state index in [2.05, 4.69) is 0 Å². The lowest BCUT2D eigenvalue weighted by atomic mass is 9.78. The van der Waals surface area contributed by atoms with E-state index in [0.717, 1.165) is 16.7 Å². The van der Waals surface area contributed by atoms with Gasteiger partial charge in [-0.3, -0.25) is 4.79 Å². The second kappa shape index (κ2) is 2.92. The van der Waals surface area contributed by atoms with Crippen LogP contribution in [0.15, 0.2) is 18.2 Å². The number of hydrogen-bond donors (Lipinski definition) is 1. The fourth-order valence-corrected chi connectivity index (χ4v) is 2.10. The third-order valence-electron chi connectivity index (χ3n) is 2.97. The minimum Gasteiger partial charge on any atom is -0.385 e. The Balaban J connectivity index is 2.69. The zero-order valence-corrected chi connectivity index (χ0v) is 8.50. The van der Waals surface area contributed by atoms with Gasteiger partial charge in [0.15, 0.2) is 5.78 Å². The van der Waals surface area contributed by atoms with Gasteiger partial charge in [0.2, 0.25) is 0 Å². The maximum Gasteiger partial charge on any atom is 0.163 e. The van der Waals surface area contributed by atoms with Gasteiger partial charge in [0, 0.05) is 12.0 Å². The molecule has 0 heterocycles. The van der Waals surface area contributed by atoms with Crippen molar-refractivity contribution in [3.8, 4) is 0 Å². The topological polar surface area (TPSA) is 37.3 Å². The van der Waals surface area contributed by atoms with Gasteiger partial charge in [-0.05, 0) is 31.4 Å². The van der Waals surface area contributed by atoms with E-state index < -0.39 is 5.60 Å². The zero-order chi connectivity index (χ0) is 10.3. The Morgan fingerprint density at radius 3 is 2.79 bits per heavy atom. The number of aryl methyl sites for hydroxylation is 1. The van der Waals surface area contributed by atoms with Gasteiger partial charge >= 0.3 is 0 Å². The molecule has 2 rings (SSSR count). The molecule has 2 heteroatoms. The first-order valence-electron chi connectivity index (χ1n) is 4.88. The second-order valence-electron chi connectivity index (χ2n) is 4.19. The summed E-state index contributed by atoms with van der Waals surface area (Å²) in [5.41, 5.74) is 1.64. The van der Waals surface area contributed by atoms with Gasteiger partial charge in [0.05, 0.1) is 5.60 Å². The number of ketones is 1. The fourth-order valence-electron chi connectivity index (χ4n) is 2.10. The van der Waals surface area contributed by atoms with E-state index in [1.165, 1.54) is 0 Å². The van der Waals surface area contributed by atoms with Crippen molar-refractivity contribution in [1.29, 1.82) is 0 Å². The molecule has 1 aliphatic rings. The molecule has 2 nitrogen and oxygen atoms in total. The van der Waals surface area contributed by atoms with Crippen LogP contribution >= 0.6 is 0 Å². The molecule has 1 aromatic carbocycles. The summed E-state index contributed by atoms with van der Waals surface area (Å²) in [5.74, 6) is 0.157. The highest BCUT2D eigenvalue weighted by molar-refractivity contribution is 6.00. The lowest BCUT2D eigenvalue weighted by Gasteiger charge is -2.31. The largest absolute Gasteiger partial charge is 0.385 e. The Bertz CT molecular complexity index is 391. The standard InChI is InChI=1S/C12H14O2/c1-8-4-3-5-9-11(8)10(13)6-7-12(9,2)14/h3-5,14H,6-7H2,1-2H3. The molecule has 0 aliphatic heterocycles.